The Kier molecular flexibility index (Phi) is 8.79. The number of carbonyl (C=O) groups is 2. The molecule has 10 nitrogen and oxygen atoms in total. The van der Waals surface area contributed by atoms with Gasteiger partial charge < -0.3 is 29.0 Å². The Morgan fingerprint density at radius 1 is 1.16 bits per heavy atom. The van der Waals surface area contributed by atoms with E-state index in [9.17, 15) is 9.59 Å². The highest BCUT2D eigenvalue weighted by molar-refractivity contribution is 6.61. The molecule has 3 heterocycles. The summed E-state index contributed by atoms with van der Waals surface area (Å²) in [5.74, 6) is -0.0421. The van der Waals surface area contributed by atoms with Crippen LogP contribution in [0.1, 0.15) is 75.2 Å². The number of rotatable bonds is 7. The molecule has 0 aromatic carbocycles. The second-order valence-corrected chi connectivity index (χ2v) is 12.4. The predicted molar refractivity (Wildman–Crippen MR) is 141 cm³/mol. The summed E-state index contributed by atoms with van der Waals surface area (Å²) in [5, 5.41) is 2.76. The van der Waals surface area contributed by atoms with Crippen molar-refractivity contribution in [2.24, 2.45) is 11.8 Å². The minimum Gasteiger partial charge on any atom is -0.463 e. The summed E-state index contributed by atoms with van der Waals surface area (Å²) in [6.07, 6.45) is 4.53. The fourth-order valence-electron chi connectivity index (χ4n) is 4.24. The van der Waals surface area contributed by atoms with Crippen molar-refractivity contribution in [2.75, 3.05) is 19.7 Å². The Labute approximate surface area is 221 Å². The molecule has 0 radical (unpaired) electrons. The second-order valence-electron chi connectivity index (χ2n) is 12.4. The maximum Gasteiger partial charge on any atom is 0.498 e. The van der Waals surface area contributed by atoms with E-state index in [2.05, 4.69) is 15.3 Å². The summed E-state index contributed by atoms with van der Waals surface area (Å²) in [6, 6.07) is -0.379. The van der Waals surface area contributed by atoms with Crippen molar-refractivity contribution in [2.45, 2.75) is 98.0 Å². The molecule has 37 heavy (non-hydrogen) atoms. The van der Waals surface area contributed by atoms with Gasteiger partial charge in [-0.15, -0.1) is 0 Å². The third kappa shape index (κ3) is 7.57. The highest BCUT2D eigenvalue weighted by atomic mass is 16.7. The average Bonchev–Trinajstić information content (AvgIpc) is 3.01. The van der Waals surface area contributed by atoms with Crippen LogP contribution in [-0.2, 0) is 18.8 Å². The Morgan fingerprint density at radius 3 is 2.30 bits per heavy atom. The van der Waals surface area contributed by atoms with Crippen molar-refractivity contribution in [3.8, 4) is 6.01 Å². The molecule has 1 N–H and O–H groups in total. The molecule has 0 spiro atoms. The number of alkyl carbamates (subject to hydrolysis) is 1. The van der Waals surface area contributed by atoms with E-state index < -0.39 is 36.1 Å². The van der Waals surface area contributed by atoms with E-state index in [1.165, 1.54) is 0 Å². The van der Waals surface area contributed by atoms with E-state index in [-0.39, 0.29) is 23.8 Å². The first-order chi connectivity index (χ1) is 17.1. The second kappa shape index (κ2) is 11.1. The van der Waals surface area contributed by atoms with Crippen molar-refractivity contribution in [1.82, 2.24) is 20.2 Å². The van der Waals surface area contributed by atoms with E-state index in [0.717, 1.165) is 18.3 Å². The first-order valence-corrected chi connectivity index (χ1v) is 13.2. The minimum absolute atomic E-state index is 0.0764. The number of amides is 2. The van der Waals surface area contributed by atoms with E-state index in [0.29, 0.717) is 19.7 Å². The molecule has 2 aliphatic heterocycles. The van der Waals surface area contributed by atoms with Crippen LogP contribution in [0.25, 0.3) is 0 Å². The van der Waals surface area contributed by atoms with Gasteiger partial charge in [-0.3, -0.25) is 4.79 Å². The van der Waals surface area contributed by atoms with Crippen molar-refractivity contribution in [3.05, 3.63) is 12.4 Å². The Bertz CT molecular complexity index is 931. The number of hydrogen-bond acceptors (Lipinski definition) is 8. The molecule has 1 aromatic heterocycles. The van der Waals surface area contributed by atoms with E-state index in [1.807, 2.05) is 46.4 Å². The molecule has 1 aromatic rings. The van der Waals surface area contributed by atoms with Gasteiger partial charge >= 0.3 is 19.2 Å². The Balaban J connectivity index is 1.53. The van der Waals surface area contributed by atoms with Gasteiger partial charge in [0.1, 0.15) is 11.6 Å². The lowest BCUT2D eigenvalue weighted by Crippen LogP contribution is -2.54. The number of piperidine rings is 1. The van der Waals surface area contributed by atoms with Gasteiger partial charge in [-0.25, -0.2) is 14.8 Å². The first-order valence-electron chi connectivity index (χ1n) is 13.2. The van der Waals surface area contributed by atoms with E-state index >= 15 is 0 Å². The van der Waals surface area contributed by atoms with E-state index in [1.54, 1.807) is 33.2 Å². The molecule has 0 bridgehead atoms. The third-order valence-electron chi connectivity index (χ3n) is 7.06. The molecule has 2 fully saturated rings. The summed E-state index contributed by atoms with van der Waals surface area (Å²) in [6.45, 7) is 18.8. The third-order valence-corrected chi connectivity index (χ3v) is 7.06. The summed E-state index contributed by atoms with van der Waals surface area (Å²) < 4.78 is 23.3. The van der Waals surface area contributed by atoms with Crippen LogP contribution in [0.2, 0.25) is 0 Å². The van der Waals surface area contributed by atoms with Crippen LogP contribution in [0, 0.1) is 11.8 Å². The SMILES string of the molecule is CC(C)[C@@H](NC(=O)OC(C)(C)C)C(=O)N1CCC[C@H](COc2ncc(B3OC(C)(C)C(C)(C)O3)cn2)C1. The number of aromatic nitrogens is 2. The summed E-state index contributed by atoms with van der Waals surface area (Å²) >= 11 is 0. The van der Waals surface area contributed by atoms with Gasteiger partial charge in [-0.05, 0) is 67.2 Å². The van der Waals surface area contributed by atoms with Gasteiger partial charge in [0, 0.05) is 36.9 Å². The molecule has 2 amide bonds. The standard InChI is InChI=1S/C26H43BN4O6/c1-17(2)20(30-23(33)35-24(3,4)5)21(32)31-12-10-11-18(15-31)16-34-22-28-13-19(14-29-22)27-36-25(6,7)26(8,9)37-27/h13-14,17-18,20H,10-12,15-16H2,1-9H3,(H,30,33)/t18-,20+/m0/s1. The number of likely N-dealkylation sites (tertiary alicyclic amines) is 1. The Morgan fingerprint density at radius 2 is 1.76 bits per heavy atom. The number of ether oxygens (including phenoxy) is 2. The summed E-state index contributed by atoms with van der Waals surface area (Å²) in [4.78, 5) is 36.1. The molecule has 11 heteroatoms. The van der Waals surface area contributed by atoms with Crippen LogP contribution in [0.3, 0.4) is 0 Å². The fourth-order valence-corrected chi connectivity index (χ4v) is 4.24. The first kappa shape index (κ1) is 29.2. The molecular formula is C26H43BN4O6. The smallest absolute Gasteiger partial charge is 0.463 e. The van der Waals surface area contributed by atoms with Crippen LogP contribution >= 0.6 is 0 Å². The normalized spacial score (nSPS) is 22.1. The van der Waals surface area contributed by atoms with Gasteiger partial charge in [0.05, 0.1) is 17.8 Å². The quantitative estimate of drug-likeness (QED) is 0.549. The molecule has 0 aliphatic carbocycles. The van der Waals surface area contributed by atoms with E-state index in [4.69, 9.17) is 18.8 Å². The van der Waals surface area contributed by atoms with Crippen molar-refractivity contribution < 1.29 is 28.4 Å². The molecule has 2 aliphatic rings. The Hall–Kier alpha value is -2.40. The topological polar surface area (TPSA) is 112 Å². The van der Waals surface area contributed by atoms with Crippen LogP contribution in [0.4, 0.5) is 4.79 Å². The zero-order chi connectivity index (χ0) is 27.6. The zero-order valence-corrected chi connectivity index (χ0v) is 23.8. The zero-order valence-electron chi connectivity index (χ0n) is 23.8. The number of carbonyl (C=O) groups excluding carboxylic acids is 2. The lowest BCUT2D eigenvalue weighted by atomic mass is 9.81. The van der Waals surface area contributed by atoms with Gasteiger partial charge in [0.2, 0.25) is 5.91 Å². The maximum absolute atomic E-state index is 13.3. The van der Waals surface area contributed by atoms with Gasteiger partial charge in [0.15, 0.2) is 0 Å². The maximum atomic E-state index is 13.3. The predicted octanol–water partition coefficient (Wildman–Crippen LogP) is 2.94. The van der Waals surface area contributed by atoms with Crippen molar-refractivity contribution in [1.29, 1.82) is 0 Å². The van der Waals surface area contributed by atoms with Gasteiger partial charge in [-0.2, -0.15) is 0 Å². The molecule has 2 atom stereocenters. The summed E-state index contributed by atoms with van der Waals surface area (Å²) in [5.41, 5.74) is -0.771. The highest BCUT2D eigenvalue weighted by Crippen LogP contribution is 2.36. The molecule has 2 saturated heterocycles. The number of nitrogens with zero attached hydrogens (tertiary/aromatic N) is 3. The lowest BCUT2D eigenvalue weighted by molar-refractivity contribution is -0.136. The van der Waals surface area contributed by atoms with Crippen LogP contribution < -0.4 is 15.5 Å². The molecule has 3 rings (SSSR count). The molecular weight excluding hydrogens is 475 g/mol. The number of nitrogens with one attached hydrogen (secondary N) is 1. The van der Waals surface area contributed by atoms with Crippen LogP contribution in [0.5, 0.6) is 6.01 Å². The number of hydrogen-bond donors (Lipinski definition) is 1. The molecule has 0 unspecified atom stereocenters. The monoisotopic (exact) mass is 518 g/mol. The fraction of sp³-hybridized carbons (Fsp3) is 0.769. The van der Waals surface area contributed by atoms with Gasteiger partial charge in [-0.1, -0.05) is 13.8 Å². The molecule has 206 valence electrons. The van der Waals surface area contributed by atoms with Crippen molar-refractivity contribution in [3.63, 3.8) is 0 Å². The lowest BCUT2D eigenvalue weighted by Gasteiger charge is -2.36. The average molecular weight is 518 g/mol. The van der Waals surface area contributed by atoms with Gasteiger partial charge in [0.25, 0.3) is 0 Å². The summed E-state index contributed by atoms with van der Waals surface area (Å²) in [7, 11) is -0.528. The highest BCUT2D eigenvalue weighted by Gasteiger charge is 2.52. The molecule has 0 saturated carbocycles. The van der Waals surface area contributed by atoms with Crippen molar-refractivity contribution >= 4 is 24.6 Å². The minimum atomic E-state index is -0.652. The van der Waals surface area contributed by atoms with Crippen LogP contribution in [0.15, 0.2) is 12.4 Å². The van der Waals surface area contributed by atoms with Crippen LogP contribution in [-0.4, -0.2) is 76.5 Å². The largest absolute Gasteiger partial charge is 0.498 e.